The Kier molecular flexibility index (Phi) is 6.83. The minimum Gasteiger partial charge on any atom is -0.381 e. The van der Waals surface area contributed by atoms with E-state index in [1.165, 1.54) is 57.8 Å². The highest BCUT2D eigenvalue weighted by molar-refractivity contribution is 4.88. The number of hydrogen-bond donors (Lipinski definition) is 1. The van der Waals surface area contributed by atoms with Crippen LogP contribution in [0.1, 0.15) is 71.6 Å². The van der Waals surface area contributed by atoms with Crippen LogP contribution in [0.25, 0.3) is 0 Å². The van der Waals surface area contributed by atoms with Crippen molar-refractivity contribution < 1.29 is 4.74 Å². The van der Waals surface area contributed by atoms with E-state index in [4.69, 9.17) is 4.74 Å². The second-order valence-corrected chi connectivity index (χ2v) is 7.32. The fourth-order valence-electron chi connectivity index (χ4n) is 3.56. The SMILES string of the molecule is CCCCC1CCC(CNCC)(COCC2CC2)CC1. The van der Waals surface area contributed by atoms with Crippen molar-refractivity contribution in [2.24, 2.45) is 17.3 Å². The second kappa shape index (κ2) is 8.38. The van der Waals surface area contributed by atoms with Crippen LogP contribution >= 0.6 is 0 Å². The zero-order chi connectivity index (χ0) is 14.3. The van der Waals surface area contributed by atoms with Crippen molar-refractivity contribution in [2.45, 2.75) is 71.6 Å². The van der Waals surface area contributed by atoms with Gasteiger partial charge in [-0.15, -0.1) is 0 Å². The summed E-state index contributed by atoms with van der Waals surface area (Å²) < 4.78 is 6.07. The molecule has 0 unspecified atom stereocenters. The molecule has 2 nitrogen and oxygen atoms in total. The Morgan fingerprint density at radius 1 is 1.05 bits per heavy atom. The van der Waals surface area contributed by atoms with Crippen LogP contribution in [0.4, 0.5) is 0 Å². The van der Waals surface area contributed by atoms with Gasteiger partial charge in [0.2, 0.25) is 0 Å². The summed E-state index contributed by atoms with van der Waals surface area (Å²) in [5, 5.41) is 3.59. The Bertz CT molecular complexity index is 254. The van der Waals surface area contributed by atoms with Crippen molar-refractivity contribution >= 4 is 0 Å². The predicted octanol–water partition coefficient (Wildman–Crippen LogP) is 4.39. The lowest BCUT2D eigenvalue weighted by molar-refractivity contribution is 0.00582. The van der Waals surface area contributed by atoms with Crippen molar-refractivity contribution in [2.75, 3.05) is 26.3 Å². The summed E-state index contributed by atoms with van der Waals surface area (Å²) in [6, 6.07) is 0. The molecule has 0 aromatic rings. The zero-order valence-electron chi connectivity index (χ0n) is 13.8. The van der Waals surface area contributed by atoms with Gasteiger partial charge in [-0.2, -0.15) is 0 Å². The molecular weight excluding hydrogens is 246 g/mol. The van der Waals surface area contributed by atoms with Gasteiger partial charge < -0.3 is 10.1 Å². The summed E-state index contributed by atoms with van der Waals surface area (Å²) in [7, 11) is 0. The monoisotopic (exact) mass is 281 g/mol. The summed E-state index contributed by atoms with van der Waals surface area (Å²) in [6.07, 6.45) is 12.6. The Morgan fingerprint density at radius 2 is 1.80 bits per heavy atom. The molecule has 0 aliphatic heterocycles. The van der Waals surface area contributed by atoms with Crippen LogP contribution in [0.3, 0.4) is 0 Å². The quantitative estimate of drug-likeness (QED) is 0.641. The van der Waals surface area contributed by atoms with Gasteiger partial charge >= 0.3 is 0 Å². The van der Waals surface area contributed by atoms with E-state index in [2.05, 4.69) is 19.2 Å². The molecule has 0 aromatic carbocycles. The molecule has 118 valence electrons. The molecule has 1 N–H and O–H groups in total. The number of unbranched alkanes of at least 4 members (excludes halogenated alkanes) is 1. The highest BCUT2D eigenvalue weighted by atomic mass is 16.5. The molecule has 20 heavy (non-hydrogen) atoms. The highest BCUT2D eigenvalue weighted by Crippen LogP contribution is 2.41. The number of nitrogens with one attached hydrogen (secondary N) is 1. The minimum atomic E-state index is 0.438. The van der Waals surface area contributed by atoms with Gasteiger partial charge in [-0.3, -0.25) is 0 Å². The van der Waals surface area contributed by atoms with E-state index in [-0.39, 0.29) is 0 Å². The van der Waals surface area contributed by atoms with Gasteiger partial charge in [-0.25, -0.2) is 0 Å². The number of ether oxygens (including phenoxy) is 1. The average Bonchev–Trinajstić information content (AvgIpc) is 3.29. The molecule has 2 fully saturated rings. The van der Waals surface area contributed by atoms with Gasteiger partial charge in [-0.05, 0) is 56.9 Å². The van der Waals surface area contributed by atoms with Gasteiger partial charge in [0.15, 0.2) is 0 Å². The number of hydrogen-bond acceptors (Lipinski definition) is 2. The second-order valence-electron chi connectivity index (χ2n) is 7.32. The maximum absolute atomic E-state index is 6.07. The standard InChI is InChI=1S/C18H35NO/c1-3-5-6-16-9-11-18(12-10-16,14-19-4-2)15-20-13-17-7-8-17/h16-17,19H,3-15H2,1-2H3. The van der Waals surface area contributed by atoms with E-state index >= 15 is 0 Å². The van der Waals surface area contributed by atoms with Crippen LogP contribution in [-0.2, 0) is 4.74 Å². The van der Waals surface area contributed by atoms with E-state index in [0.717, 1.165) is 38.1 Å². The Hall–Kier alpha value is -0.0800. The van der Waals surface area contributed by atoms with Crippen molar-refractivity contribution in [3.05, 3.63) is 0 Å². The summed E-state index contributed by atoms with van der Waals surface area (Å²) >= 11 is 0. The summed E-state index contributed by atoms with van der Waals surface area (Å²) in [4.78, 5) is 0. The molecular formula is C18H35NO. The van der Waals surface area contributed by atoms with Crippen LogP contribution in [-0.4, -0.2) is 26.3 Å². The lowest BCUT2D eigenvalue weighted by Crippen LogP contribution is -2.41. The number of rotatable bonds is 10. The molecule has 2 saturated carbocycles. The van der Waals surface area contributed by atoms with Crippen LogP contribution < -0.4 is 5.32 Å². The lowest BCUT2D eigenvalue weighted by Gasteiger charge is -2.40. The normalized spacial score (nSPS) is 30.6. The molecule has 0 radical (unpaired) electrons. The van der Waals surface area contributed by atoms with Crippen molar-refractivity contribution in [3.8, 4) is 0 Å². The van der Waals surface area contributed by atoms with Crippen molar-refractivity contribution in [3.63, 3.8) is 0 Å². The first kappa shape index (κ1) is 16.3. The first-order valence-corrected chi connectivity index (χ1v) is 9.06. The maximum atomic E-state index is 6.07. The molecule has 0 aromatic heterocycles. The van der Waals surface area contributed by atoms with Crippen molar-refractivity contribution in [1.29, 1.82) is 0 Å². The van der Waals surface area contributed by atoms with Gasteiger partial charge in [0.05, 0.1) is 6.61 Å². The fourth-order valence-corrected chi connectivity index (χ4v) is 3.56. The molecule has 0 spiro atoms. The van der Waals surface area contributed by atoms with Crippen LogP contribution in [0.15, 0.2) is 0 Å². The topological polar surface area (TPSA) is 21.3 Å². The van der Waals surface area contributed by atoms with Crippen LogP contribution in [0.2, 0.25) is 0 Å². The molecule has 2 aliphatic rings. The van der Waals surface area contributed by atoms with E-state index in [1.807, 2.05) is 0 Å². The molecule has 2 aliphatic carbocycles. The first-order valence-electron chi connectivity index (χ1n) is 9.06. The van der Waals surface area contributed by atoms with Crippen molar-refractivity contribution in [1.82, 2.24) is 5.32 Å². The van der Waals surface area contributed by atoms with E-state index < -0.39 is 0 Å². The molecule has 0 bridgehead atoms. The molecule has 2 heteroatoms. The van der Waals surface area contributed by atoms with Gasteiger partial charge in [-0.1, -0.05) is 33.1 Å². The van der Waals surface area contributed by atoms with E-state index in [0.29, 0.717) is 5.41 Å². The molecule has 0 saturated heterocycles. The average molecular weight is 281 g/mol. The Morgan fingerprint density at radius 3 is 2.40 bits per heavy atom. The van der Waals surface area contributed by atoms with E-state index in [9.17, 15) is 0 Å². The summed E-state index contributed by atoms with van der Waals surface area (Å²) in [5.41, 5.74) is 0.438. The van der Waals surface area contributed by atoms with E-state index in [1.54, 1.807) is 0 Å². The summed E-state index contributed by atoms with van der Waals surface area (Å²) in [5.74, 6) is 1.89. The molecule has 0 amide bonds. The third kappa shape index (κ3) is 5.37. The van der Waals surface area contributed by atoms with Crippen LogP contribution in [0.5, 0.6) is 0 Å². The third-order valence-corrected chi connectivity index (χ3v) is 5.34. The summed E-state index contributed by atoms with van der Waals surface area (Å²) in [6.45, 7) is 8.79. The van der Waals surface area contributed by atoms with Gasteiger partial charge in [0.1, 0.15) is 0 Å². The zero-order valence-corrected chi connectivity index (χ0v) is 13.8. The molecule has 0 atom stereocenters. The van der Waals surface area contributed by atoms with Gasteiger partial charge in [0, 0.05) is 18.6 Å². The lowest BCUT2D eigenvalue weighted by atomic mass is 9.69. The molecule has 2 rings (SSSR count). The maximum Gasteiger partial charge on any atom is 0.0534 e. The fraction of sp³-hybridized carbons (Fsp3) is 1.00. The minimum absolute atomic E-state index is 0.438. The molecule has 0 heterocycles. The Labute approximate surface area is 126 Å². The van der Waals surface area contributed by atoms with Crippen LogP contribution in [0, 0.1) is 17.3 Å². The predicted molar refractivity (Wildman–Crippen MR) is 86.0 cm³/mol. The smallest absolute Gasteiger partial charge is 0.0534 e. The largest absolute Gasteiger partial charge is 0.381 e. The van der Waals surface area contributed by atoms with Gasteiger partial charge in [0.25, 0.3) is 0 Å². The third-order valence-electron chi connectivity index (χ3n) is 5.34. The first-order chi connectivity index (χ1) is 9.78. The Balaban J connectivity index is 1.74. The highest BCUT2D eigenvalue weighted by Gasteiger charge is 2.35.